The van der Waals surface area contributed by atoms with Crippen LogP contribution in [0, 0.1) is 27.7 Å². The first-order chi connectivity index (χ1) is 19.4. The average molecular weight is 658 g/mol. The number of Topliss-reactive ketones (excluding diaryl/α,β-unsaturated/α-hetero) is 1. The largest absolute Gasteiger partial charge is 0.491 e. The molecule has 0 fully saturated rings. The van der Waals surface area contributed by atoms with Crippen molar-refractivity contribution in [2.45, 2.75) is 46.8 Å². The lowest BCUT2D eigenvalue weighted by Crippen LogP contribution is -2.21. The van der Waals surface area contributed by atoms with E-state index in [2.05, 4.69) is 20.9 Å². The second-order valence-corrected chi connectivity index (χ2v) is 10.6. The highest BCUT2D eigenvalue weighted by atomic mass is 79.9. The molecule has 0 saturated heterocycles. The van der Waals surface area contributed by atoms with Crippen LogP contribution in [0.3, 0.4) is 0 Å². The molecule has 2 atom stereocenters. The lowest BCUT2D eigenvalue weighted by atomic mass is 9.99. The van der Waals surface area contributed by atoms with Gasteiger partial charge in [0.1, 0.15) is 36.9 Å². The Morgan fingerprint density at radius 1 is 0.902 bits per heavy atom. The SMILES string of the molecule is CCO.Cc1cc(OCC(O)CO)cc(C)c1-c1csc(N)n1.Cc1cc(OCC(O)CO)cc(C)c1C(=O)CBr. The van der Waals surface area contributed by atoms with E-state index in [4.69, 9.17) is 30.5 Å². The summed E-state index contributed by atoms with van der Waals surface area (Å²) in [5, 5.41) is 46.3. The molecule has 0 saturated carbocycles. The Balaban J connectivity index is 0.000000376. The molecule has 0 radical (unpaired) electrons. The highest BCUT2D eigenvalue weighted by molar-refractivity contribution is 9.09. The molecule has 0 spiro atoms. The second kappa shape index (κ2) is 18.8. The molecule has 0 aliphatic heterocycles. The number of nitrogens with zero attached hydrogens (tertiary/aromatic N) is 1. The van der Waals surface area contributed by atoms with Gasteiger partial charge in [-0.15, -0.1) is 11.3 Å². The summed E-state index contributed by atoms with van der Waals surface area (Å²) in [6, 6.07) is 7.30. The van der Waals surface area contributed by atoms with E-state index in [1.54, 1.807) is 19.1 Å². The minimum Gasteiger partial charge on any atom is -0.491 e. The molecule has 3 aromatic rings. The molecule has 228 valence electrons. The fraction of sp³-hybridized carbons (Fsp3) is 0.448. The van der Waals surface area contributed by atoms with Crippen LogP contribution in [0.2, 0.25) is 0 Å². The zero-order valence-electron chi connectivity index (χ0n) is 24.1. The number of aromatic nitrogens is 1. The van der Waals surface area contributed by atoms with Gasteiger partial charge in [0.25, 0.3) is 0 Å². The van der Waals surface area contributed by atoms with Gasteiger partial charge < -0.3 is 40.7 Å². The molecular formula is C29H41BrN2O8S. The maximum Gasteiger partial charge on any atom is 0.180 e. The molecule has 0 aliphatic rings. The van der Waals surface area contributed by atoms with Gasteiger partial charge in [0.2, 0.25) is 0 Å². The summed E-state index contributed by atoms with van der Waals surface area (Å²) in [7, 11) is 0. The third kappa shape index (κ3) is 12.0. The first-order valence-corrected chi connectivity index (χ1v) is 14.9. The number of anilines is 1. The van der Waals surface area contributed by atoms with E-state index >= 15 is 0 Å². The van der Waals surface area contributed by atoms with Crippen LogP contribution < -0.4 is 15.2 Å². The standard InChI is InChI=1S/C14H18N2O3S.C13H17BrO4.C2H6O/c1-8-3-11(19-6-10(18)5-17)4-9(2)13(8)12-7-20-14(15)16-12;1-8-3-11(18-7-10(16)6-15)4-9(2)13(8)12(17)5-14;1-2-3/h3-4,7,10,17-18H,5-6H2,1-2H3,(H2,15,16);3-4,10,15-16H,5-7H2,1-2H3;3H,2H2,1H3. The predicted molar refractivity (Wildman–Crippen MR) is 165 cm³/mol. The van der Waals surface area contributed by atoms with E-state index in [1.165, 1.54) is 11.3 Å². The first kappa shape index (κ1) is 36.4. The normalized spacial score (nSPS) is 11.9. The summed E-state index contributed by atoms with van der Waals surface area (Å²) in [5.74, 6) is 1.29. The van der Waals surface area contributed by atoms with Crippen molar-refractivity contribution in [1.82, 2.24) is 4.98 Å². The molecule has 7 N–H and O–H groups in total. The number of hydrogen-bond acceptors (Lipinski definition) is 11. The number of carbonyl (C=O) groups excluding carboxylic acids is 1. The van der Waals surface area contributed by atoms with Crippen molar-refractivity contribution in [3.8, 4) is 22.8 Å². The van der Waals surface area contributed by atoms with E-state index in [9.17, 15) is 15.0 Å². The van der Waals surface area contributed by atoms with Crippen molar-refractivity contribution >= 4 is 38.2 Å². The fourth-order valence-corrected chi connectivity index (χ4v) is 4.65. The second-order valence-electron chi connectivity index (χ2n) is 9.10. The minimum absolute atomic E-state index is 0.0289. The molecule has 2 aromatic carbocycles. The number of ether oxygens (including phenoxy) is 2. The Labute approximate surface area is 253 Å². The van der Waals surface area contributed by atoms with Crippen molar-refractivity contribution in [1.29, 1.82) is 0 Å². The summed E-state index contributed by atoms with van der Waals surface area (Å²) in [6.07, 6.45) is -1.76. The summed E-state index contributed by atoms with van der Waals surface area (Å²) >= 11 is 4.57. The van der Waals surface area contributed by atoms with Crippen molar-refractivity contribution < 1.29 is 39.8 Å². The van der Waals surface area contributed by atoms with Crippen molar-refractivity contribution in [3.05, 3.63) is 57.5 Å². The number of benzene rings is 2. The quantitative estimate of drug-likeness (QED) is 0.133. The molecule has 0 aliphatic carbocycles. The van der Waals surface area contributed by atoms with Crippen LogP contribution in [0.15, 0.2) is 29.6 Å². The lowest BCUT2D eigenvalue weighted by molar-refractivity contribution is 0.0535. The number of carbonyl (C=O) groups is 1. The number of halogens is 1. The van der Waals surface area contributed by atoms with Gasteiger partial charge in [-0.1, -0.05) is 15.9 Å². The van der Waals surface area contributed by atoms with Gasteiger partial charge in [-0.25, -0.2) is 4.98 Å². The third-order valence-electron chi connectivity index (χ3n) is 5.50. The van der Waals surface area contributed by atoms with Crippen LogP contribution in [-0.4, -0.2) is 86.9 Å². The Hall–Kier alpha value is -2.58. The van der Waals surface area contributed by atoms with E-state index in [0.29, 0.717) is 22.2 Å². The van der Waals surface area contributed by atoms with Gasteiger partial charge in [-0.3, -0.25) is 4.79 Å². The van der Waals surface area contributed by atoms with Crippen LogP contribution >= 0.6 is 27.3 Å². The lowest BCUT2D eigenvalue weighted by Gasteiger charge is -2.14. The van der Waals surface area contributed by atoms with Crippen LogP contribution in [0.25, 0.3) is 11.3 Å². The van der Waals surface area contributed by atoms with Gasteiger partial charge in [0, 0.05) is 23.1 Å². The average Bonchev–Trinajstić information content (AvgIpc) is 3.35. The van der Waals surface area contributed by atoms with Gasteiger partial charge in [-0.05, 0) is 81.1 Å². The van der Waals surface area contributed by atoms with E-state index in [-0.39, 0.29) is 44.1 Å². The van der Waals surface area contributed by atoms with Crippen LogP contribution in [0.5, 0.6) is 11.5 Å². The summed E-state index contributed by atoms with van der Waals surface area (Å²) in [6.45, 7) is 9.03. The zero-order chi connectivity index (χ0) is 31.1. The maximum absolute atomic E-state index is 11.7. The number of nitrogen functional groups attached to an aromatic ring is 1. The van der Waals surface area contributed by atoms with Gasteiger partial charge in [0.15, 0.2) is 10.9 Å². The molecule has 2 unspecified atom stereocenters. The predicted octanol–water partition coefficient (Wildman–Crippen LogP) is 3.35. The van der Waals surface area contributed by atoms with Gasteiger partial charge in [0.05, 0.1) is 24.2 Å². The molecule has 0 bridgehead atoms. The molecule has 3 rings (SSSR count). The summed E-state index contributed by atoms with van der Waals surface area (Å²) < 4.78 is 10.8. The summed E-state index contributed by atoms with van der Waals surface area (Å²) in [5.41, 5.74) is 12.0. The third-order valence-corrected chi connectivity index (χ3v) is 6.68. The monoisotopic (exact) mass is 656 g/mol. The van der Waals surface area contributed by atoms with Crippen molar-refractivity contribution in [2.24, 2.45) is 0 Å². The molecule has 10 nitrogen and oxygen atoms in total. The maximum atomic E-state index is 11.7. The van der Waals surface area contributed by atoms with Crippen molar-refractivity contribution in [3.63, 3.8) is 0 Å². The molecular weight excluding hydrogens is 616 g/mol. The number of alkyl halides is 1. The smallest absolute Gasteiger partial charge is 0.180 e. The Morgan fingerprint density at radius 2 is 1.32 bits per heavy atom. The van der Waals surface area contributed by atoms with E-state index in [0.717, 1.165) is 33.5 Å². The number of hydrogen-bond donors (Lipinski definition) is 6. The Morgan fingerprint density at radius 3 is 1.66 bits per heavy atom. The van der Waals surface area contributed by atoms with Gasteiger partial charge >= 0.3 is 0 Å². The van der Waals surface area contributed by atoms with E-state index < -0.39 is 12.2 Å². The number of aryl methyl sites for hydroxylation is 4. The first-order valence-electron chi connectivity index (χ1n) is 12.9. The number of ketones is 1. The number of rotatable bonds is 11. The minimum atomic E-state index is -0.894. The molecule has 41 heavy (non-hydrogen) atoms. The van der Waals surface area contributed by atoms with Crippen LogP contribution in [-0.2, 0) is 0 Å². The zero-order valence-corrected chi connectivity index (χ0v) is 26.5. The fourth-order valence-electron chi connectivity index (χ4n) is 3.82. The van der Waals surface area contributed by atoms with Gasteiger partial charge in [-0.2, -0.15) is 0 Å². The highest BCUT2D eigenvalue weighted by Crippen LogP contribution is 2.32. The molecule has 1 aromatic heterocycles. The number of aliphatic hydroxyl groups is 5. The van der Waals surface area contributed by atoms with E-state index in [1.807, 2.05) is 45.2 Å². The van der Waals surface area contributed by atoms with Crippen LogP contribution in [0.4, 0.5) is 5.13 Å². The number of thiazole rings is 1. The number of aliphatic hydroxyl groups excluding tert-OH is 5. The number of nitrogens with two attached hydrogens (primary N) is 1. The van der Waals surface area contributed by atoms with Crippen molar-refractivity contribution in [2.75, 3.05) is 44.1 Å². The molecule has 12 heteroatoms. The highest BCUT2D eigenvalue weighted by Gasteiger charge is 2.14. The molecule has 1 heterocycles. The molecule has 0 amide bonds. The summed E-state index contributed by atoms with van der Waals surface area (Å²) in [4.78, 5) is 16.0. The Kier molecular flexibility index (Phi) is 16.7. The topological polar surface area (TPSA) is 176 Å². The van der Waals surface area contributed by atoms with Crippen LogP contribution in [0.1, 0.15) is 39.5 Å². The Bertz CT molecular complexity index is 1190.